The van der Waals surface area contributed by atoms with Crippen LogP contribution in [0.25, 0.3) is 16.7 Å². The molecule has 0 unspecified atom stereocenters. The van der Waals surface area contributed by atoms with E-state index in [1.54, 1.807) is 4.80 Å². The Kier molecular flexibility index (Phi) is 2.36. The van der Waals surface area contributed by atoms with Crippen molar-refractivity contribution >= 4 is 33.6 Å². The Morgan fingerprint density at radius 1 is 0.875 bits per heavy atom. The molecular formula is C12H8IN3. The van der Waals surface area contributed by atoms with Crippen molar-refractivity contribution in [2.75, 3.05) is 0 Å². The van der Waals surface area contributed by atoms with Crippen molar-refractivity contribution in [1.82, 2.24) is 15.0 Å². The lowest BCUT2D eigenvalue weighted by molar-refractivity contribution is 0.765. The van der Waals surface area contributed by atoms with Gasteiger partial charge < -0.3 is 0 Å². The van der Waals surface area contributed by atoms with E-state index in [-0.39, 0.29) is 0 Å². The average Bonchev–Trinajstić information content (AvgIpc) is 2.76. The zero-order valence-electron chi connectivity index (χ0n) is 8.34. The monoisotopic (exact) mass is 321 g/mol. The van der Waals surface area contributed by atoms with Gasteiger partial charge in [0.2, 0.25) is 0 Å². The lowest BCUT2D eigenvalue weighted by Crippen LogP contribution is -1.97. The lowest BCUT2D eigenvalue weighted by atomic mass is 10.3. The van der Waals surface area contributed by atoms with E-state index in [0.717, 1.165) is 20.3 Å². The quantitative estimate of drug-likeness (QED) is 0.645. The highest BCUT2D eigenvalue weighted by atomic mass is 127. The van der Waals surface area contributed by atoms with Crippen LogP contribution in [0.1, 0.15) is 0 Å². The van der Waals surface area contributed by atoms with Crippen LogP contribution >= 0.6 is 22.6 Å². The number of rotatable bonds is 1. The van der Waals surface area contributed by atoms with Crippen molar-refractivity contribution in [2.45, 2.75) is 0 Å². The summed E-state index contributed by atoms with van der Waals surface area (Å²) < 4.78 is 1.12. The fraction of sp³-hybridized carbons (Fsp3) is 0. The summed E-state index contributed by atoms with van der Waals surface area (Å²) in [7, 11) is 0. The number of hydrogen-bond acceptors (Lipinski definition) is 2. The normalized spacial score (nSPS) is 10.8. The Morgan fingerprint density at radius 3 is 2.44 bits per heavy atom. The van der Waals surface area contributed by atoms with E-state index in [1.165, 1.54) is 0 Å². The van der Waals surface area contributed by atoms with Gasteiger partial charge >= 0.3 is 0 Å². The molecule has 3 nitrogen and oxygen atoms in total. The van der Waals surface area contributed by atoms with E-state index in [0.29, 0.717) is 0 Å². The van der Waals surface area contributed by atoms with Crippen LogP contribution in [0, 0.1) is 3.57 Å². The summed E-state index contributed by atoms with van der Waals surface area (Å²) in [4.78, 5) is 1.67. The predicted molar refractivity (Wildman–Crippen MR) is 71.6 cm³/mol. The van der Waals surface area contributed by atoms with Gasteiger partial charge in [-0.1, -0.05) is 24.3 Å². The van der Waals surface area contributed by atoms with Crippen molar-refractivity contribution < 1.29 is 0 Å². The first-order chi connectivity index (χ1) is 7.84. The maximum Gasteiger partial charge on any atom is 0.126 e. The highest BCUT2D eigenvalue weighted by Gasteiger charge is 2.06. The number of fused-ring (bicyclic) bond motifs is 1. The third-order valence-corrected chi connectivity index (χ3v) is 3.22. The van der Waals surface area contributed by atoms with Crippen LogP contribution in [0.15, 0.2) is 48.5 Å². The first-order valence-corrected chi connectivity index (χ1v) is 5.99. The second-order valence-corrected chi connectivity index (χ2v) is 4.59. The summed E-state index contributed by atoms with van der Waals surface area (Å²) >= 11 is 2.27. The highest BCUT2D eigenvalue weighted by molar-refractivity contribution is 14.1. The summed E-state index contributed by atoms with van der Waals surface area (Å²) in [5, 5.41) is 8.93. The van der Waals surface area contributed by atoms with Gasteiger partial charge in [-0.05, 0) is 46.9 Å². The molecule has 0 aliphatic heterocycles. The number of para-hydroxylation sites is 1. The molecular weight excluding hydrogens is 313 g/mol. The molecule has 0 bridgehead atoms. The number of nitrogens with zero attached hydrogens (tertiary/aromatic N) is 3. The maximum absolute atomic E-state index is 4.48. The van der Waals surface area contributed by atoms with E-state index in [4.69, 9.17) is 0 Å². The molecule has 78 valence electrons. The van der Waals surface area contributed by atoms with Gasteiger partial charge in [-0.2, -0.15) is 4.80 Å². The minimum Gasteiger partial charge on any atom is -0.150 e. The van der Waals surface area contributed by atoms with Crippen molar-refractivity contribution in [3.63, 3.8) is 0 Å². The molecule has 0 fully saturated rings. The minimum atomic E-state index is 0.927. The third-order valence-electron chi connectivity index (χ3n) is 2.35. The summed E-state index contributed by atoms with van der Waals surface area (Å²) in [6.07, 6.45) is 0. The first-order valence-electron chi connectivity index (χ1n) is 4.91. The molecule has 0 saturated carbocycles. The van der Waals surface area contributed by atoms with Crippen LogP contribution < -0.4 is 0 Å². The van der Waals surface area contributed by atoms with Crippen molar-refractivity contribution in [3.8, 4) is 5.69 Å². The predicted octanol–water partition coefficient (Wildman–Crippen LogP) is 3.03. The zero-order valence-corrected chi connectivity index (χ0v) is 10.5. The molecule has 4 heteroatoms. The Morgan fingerprint density at radius 2 is 1.69 bits per heavy atom. The van der Waals surface area contributed by atoms with E-state index in [1.807, 2.05) is 48.5 Å². The molecule has 0 atom stereocenters. The molecule has 1 aromatic heterocycles. The van der Waals surface area contributed by atoms with Gasteiger partial charge in [-0.25, -0.2) is 0 Å². The second-order valence-electron chi connectivity index (χ2n) is 3.43. The van der Waals surface area contributed by atoms with Crippen LogP contribution in [-0.2, 0) is 0 Å². The molecule has 0 spiro atoms. The lowest BCUT2D eigenvalue weighted by Gasteiger charge is -1.96. The van der Waals surface area contributed by atoms with Crippen molar-refractivity contribution in [2.24, 2.45) is 0 Å². The van der Waals surface area contributed by atoms with E-state index in [9.17, 15) is 0 Å². The van der Waals surface area contributed by atoms with Gasteiger partial charge in [0.1, 0.15) is 11.0 Å². The Bertz CT molecular complexity index is 631. The number of hydrogen-bond donors (Lipinski definition) is 0. The molecule has 0 N–H and O–H groups in total. The summed E-state index contributed by atoms with van der Waals surface area (Å²) in [6.45, 7) is 0. The molecule has 16 heavy (non-hydrogen) atoms. The van der Waals surface area contributed by atoms with Crippen LogP contribution in [0.3, 0.4) is 0 Å². The van der Waals surface area contributed by atoms with E-state index < -0.39 is 0 Å². The number of benzene rings is 2. The molecule has 0 aliphatic carbocycles. The molecule has 0 amide bonds. The smallest absolute Gasteiger partial charge is 0.126 e. The van der Waals surface area contributed by atoms with E-state index >= 15 is 0 Å². The molecule has 0 aliphatic rings. The Balaban J connectivity index is 2.23. The van der Waals surface area contributed by atoms with Crippen LogP contribution in [-0.4, -0.2) is 15.0 Å². The topological polar surface area (TPSA) is 30.7 Å². The Labute approximate surface area is 106 Å². The van der Waals surface area contributed by atoms with Crippen LogP contribution in [0.2, 0.25) is 0 Å². The van der Waals surface area contributed by atoms with Crippen LogP contribution in [0.5, 0.6) is 0 Å². The SMILES string of the molecule is Ic1cccc2nn(-c3ccccc3)nc12. The van der Waals surface area contributed by atoms with Gasteiger partial charge in [0, 0.05) is 3.57 Å². The maximum atomic E-state index is 4.48. The number of aromatic nitrogens is 3. The second kappa shape index (κ2) is 3.86. The Hall–Kier alpha value is -1.43. The average molecular weight is 321 g/mol. The summed E-state index contributed by atoms with van der Waals surface area (Å²) in [6, 6.07) is 15.9. The first kappa shape index (κ1) is 9.77. The van der Waals surface area contributed by atoms with Gasteiger partial charge in [0.25, 0.3) is 0 Å². The standard InChI is InChI=1S/C12H8IN3/c13-10-7-4-8-11-12(10)15-16(14-11)9-5-2-1-3-6-9/h1-8H. The minimum absolute atomic E-state index is 0.927. The highest BCUT2D eigenvalue weighted by Crippen LogP contribution is 2.17. The van der Waals surface area contributed by atoms with Gasteiger partial charge in [0.15, 0.2) is 0 Å². The van der Waals surface area contributed by atoms with Crippen molar-refractivity contribution in [3.05, 3.63) is 52.1 Å². The fourth-order valence-corrected chi connectivity index (χ4v) is 2.17. The van der Waals surface area contributed by atoms with E-state index in [2.05, 4.69) is 32.8 Å². The molecule has 0 radical (unpaired) electrons. The summed E-state index contributed by atoms with van der Waals surface area (Å²) in [5.41, 5.74) is 2.86. The molecule has 3 aromatic rings. The fourth-order valence-electron chi connectivity index (χ4n) is 1.58. The van der Waals surface area contributed by atoms with Gasteiger partial charge in [-0.15, -0.1) is 10.2 Å². The molecule has 2 aromatic carbocycles. The van der Waals surface area contributed by atoms with Gasteiger partial charge in [0.05, 0.1) is 5.69 Å². The molecule has 3 rings (SSSR count). The largest absolute Gasteiger partial charge is 0.150 e. The molecule has 0 saturated heterocycles. The zero-order chi connectivity index (χ0) is 11.0. The van der Waals surface area contributed by atoms with Crippen molar-refractivity contribution in [1.29, 1.82) is 0 Å². The number of halogens is 1. The third kappa shape index (κ3) is 1.59. The van der Waals surface area contributed by atoms with Crippen LogP contribution in [0.4, 0.5) is 0 Å². The van der Waals surface area contributed by atoms with Gasteiger partial charge in [-0.3, -0.25) is 0 Å². The molecule has 1 heterocycles. The summed E-state index contributed by atoms with van der Waals surface area (Å²) in [5.74, 6) is 0.